The van der Waals surface area contributed by atoms with Crippen LogP contribution in [0.2, 0.25) is 0 Å². The molecule has 0 spiro atoms. The Kier molecular flexibility index (Phi) is 6.06. The van der Waals surface area contributed by atoms with E-state index in [2.05, 4.69) is 10.3 Å². The van der Waals surface area contributed by atoms with E-state index in [1.807, 2.05) is 47.8 Å². The molecule has 4 rings (SSSR count). The average molecular weight is 424 g/mol. The van der Waals surface area contributed by atoms with Crippen LogP contribution in [0, 0.1) is 0 Å². The molecule has 0 aliphatic carbocycles. The van der Waals surface area contributed by atoms with Crippen molar-refractivity contribution < 1.29 is 9.59 Å². The van der Waals surface area contributed by atoms with Crippen molar-refractivity contribution in [3.05, 3.63) is 83.4 Å². The summed E-state index contributed by atoms with van der Waals surface area (Å²) >= 11 is 3.93. The first kappa shape index (κ1) is 19.8. The summed E-state index contributed by atoms with van der Waals surface area (Å²) in [4.78, 5) is 29.1. The van der Waals surface area contributed by atoms with Crippen molar-refractivity contribution in [2.24, 2.45) is 7.05 Å². The third-order valence-corrected chi connectivity index (χ3v) is 7.72. The average Bonchev–Trinajstić information content (AvgIpc) is 3.20. The van der Waals surface area contributed by atoms with Crippen LogP contribution in [0.25, 0.3) is 0 Å². The number of carbonyl (C=O) groups is 2. The van der Waals surface area contributed by atoms with Crippen LogP contribution in [-0.2, 0) is 7.05 Å². The number of hydrogen-bond donors (Lipinski definition) is 1. The van der Waals surface area contributed by atoms with E-state index in [-0.39, 0.29) is 11.7 Å². The highest BCUT2D eigenvalue weighted by Crippen LogP contribution is 2.43. The minimum absolute atomic E-state index is 0.149. The maximum Gasteiger partial charge on any atom is 0.255 e. The summed E-state index contributed by atoms with van der Waals surface area (Å²) in [6.07, 6.45) is 4.59. The van der Waals surface area contributed by atoms with Crippen molar-refractivity contribution >= 4 is 40.9 Å². The third-order valence-electron chi connectivity index (χ3n) is 4.70. The molecule has 0 saturated carbocycles. The fourth-order valence-electron chi connectivity index (χ4n) is 3.09. The van der Waals surface area contributed by atoms with E-state index < -0.39 is 0 Å². The predicted octanol–water partition coefficient (Wildman–Crippen LogP) is 4.77. The minimum atomic E-state index is -0.163. The van der Waals surface area contributed by atoms with Crippen LogP contribution in [0.1, 0.15) is 43.1 Å². The Labute approximate surface area is 178 Å². The maximum atomic E-state index is 12.6. The molecule has 2 aromatic carbocycles. The van der Waals surface area contributed by atoms with Gasteiger partial charge in [-0.3, -0.25) is 9.59 Å². The number of aryl methyl sites for hydroxylation is 1. The smallest absolute Gasteiger partial charge is 0.255 e. The number of hydrogen-bond acceptors (Lipinski definition) is 5. The lowest BCUT2D eigenvalue weighted by Crippen LogP contribution is -2.12. The van der Waals surface area contributed by atoms with Crippen molar-refractivity contribution in [2.75, 3.05) is 16.8 Å². The van der Waals surface area contributed by atoms with Gasteiger partial charge < -0.3 is 9.88 Å². The topological polar surface area (TPSA) is 64.0 Å². The molecule has 29 heavy (non-hydrogen) atoms. The van der Waals surface area contributed by atoms with Gasteiger partial charge in [-0.05, 0) is 59.9 Å². The van der Waals surface area contributed by atoms with Crippen LogP contribution >= 0.6 is 23.5 Å². The second kappa shape index (κ2) is 8.88. The molecule has 7 heteroatoms. The summed E-state index contributed by atoms with van der Waals surface area (Å²) in [7, 11) is 1.78. The van der Waals surface area contributed by atoms with Gasteiger partial charge in [-0.1, -0.05) is 12.1 Å². The van der Waals surface area contributed by atoms with Crippen LogP contribution in [0.4, 0.5) is 5.69 Å². The Morgan fingerprint density at radius 2 is 1.66 bits per heavy atom. The minimum Gasteiger partial charge on any atom is -0.331 e. The number of amides is 1. The lowest BCUT2D eigenvalue weighted by molar-refractivity contribution is 0.102. The van der Waals surface area contributed by atoms with Crippen molar-refractivity contribution in [2.45, 2.75) is 11.0 Å². The van der Waals surface area contributed by atoms with Crippen LogP contribution in [0.15, 0.2) is 60.9 Å². The van der Waals surface area contributed by atoms with E-state index in [0.29, 0.717) is 27.2 Å². The number of benzene rings is 2. The zero-order valence-corrected chi connectivity index (χ0v) is 17.6. The molecular weight excluding hydrogens is 402 g/mol. The second-order valence-electron chi connectivity index (χ2n) is 6.77. The molecule has 1 fully saturated rings. The van der Waals surface area contributed by atoms with E-state index in [9.17, 15) is 9.59 Å². The molecule has 0 atom stereocenters. The number of rotatable bonds is 5. The van der Waals surface area contributed by atoms with Gasteiger partial charge in [0.25, 0.3) is 5.91 Å². The largest absolute Gasteiger partial charge is 0.331 e. The lowest BCUT2D eigenvalue weighted by Gasteiger charge is -2.21. The predicted molar refractivity (Wildman–Crippen MR) is 120 cm³/mol. The molecule has 1 aliphatic heterocycles. The van der Waals surface area contributed by atoms with Crippen molar-refractivity contribution in [3.8, 4) is 0 Å². The highest BCUT2D eigenvalue weighted by Gasteiger charge is 2.17. The van der Waals surface area contributed by atoms with Gasteiger partial charge in [-0.15, -0.1) is 23.5 Å². The molecule has 0 unspecified atom stereocenters. The van der Waals surface area contributed by atoms with Gasteiger partial charge in [-0.2, -0.15) is 0 Å². The normalized spacial score (nSPS) is 14.5. The first-order valence-electron chi connectivity index (χ1n) is 9.38. The molecule has 2 heterocycles. The molecule has 3 aromatic rings. The summed E-state index contributed by atoms with van der Waals surface area (Å²) < 4.78 is 2.15. The molecular formula is C22H21N3O2S2. The number of ketones is 1. The number of aromatic nitrogens is 2. The molecule has 1 saturated heterocycles. The van der Waals surface area contributed by atoms with Gasteiger partial charge >= 0.3 is 0 Å². The van der Waals surface area contributed by atoms with Gasteiger partial charge in [0.15, 0.2) is 5.82 Å². The van der Waals surface area contributed by atoms with Crippen LogP contribution in [-0.4, -0.2) is 32.7 Å². The van der Waals surface area contributed by atoms with Crippen LogP contribution in [0.3, 0.4) is 0 Å². The number of nitrogens with zero attached hydrogens (tertiary/aromatic N) is 2. The van der Waals surface area contributed by atoms with E-state index in [1.54, 1.807) is 48.3 Å². The monoisotopic (exact) mass is 423 g/mol. The molecule has 1 aromatic heterocycles. The van der Waals surface area contributed by atoms with Gasteiger partial charge in [-0.25, -0.2) is 4.98 Å². The first-order valence-corrected chi connectivity index (χ1v) is 11.5. The number of nitrogens with one attached hydrogen (secondary N) is 1. The highest BCUT2D eigenvalue weighted by atomic mass is 32.2. The maximum absolute atomic E-state index is 12.6. The van der Waals surface area contributed by atoms with E-state index in [4.69, 9.17) is 0 Å². The molecule has 1 aliphatic rings. The molecule has 0 radical (unpaired) electrons. The number of anilines is 1. The Bertz CT molecular complexity index is 1010. The Hall–Kier alpha value is -2.51. The van der Waals surface area contributed by atoms with Gasteiger partial charge in [0.2, 0.25) is 5.78 Å². The van der Waals surface area contributed by atoms with Gasteiger partial charge in [0.1, 0.15) is 0 Å². The van der Waals surface area contributed by atoms with E-state index in [1.165, 1.54) is 23.5 Å². The standard InChI is InChI=1S/C22H21N3O2S2/c1-25-12-11-23-20(25)19(26)15-7-9-18(10-8-15)24-21(27)16-3-5-17(6-4-16)22-28-13-2-14-29-22/h3-12,22H,2,13-14H2,1H3,(H,24,27). The molecule has 0 bridgehead atoms. The zero-order chi connectivity index (χ0) is 20.2. The quantitative estimate of drug-likeness (QED) is 0.599. The summed E-state index contributed by atoms with van der Waals surface area (Å²) in [5.41, 5.74) is 3.05. The van der Waals surface area contributed by atoms with Gasteiger partial charge in [0, 0.05) is 36.3 Å². The SMILES string of the molecule is Cn1ccnc1C(=O)c1ccc(NC(=O)c2ccc(C3SCCCS3)cc2)cc1. The van der Waals surface area contributed by atoms with Crippen molar-refractivity contribution in [1.29, 1.82) is 0 Å². The van der Waals surface area contributed by atoms with E-state index in [0.717, 1.165) is 0 Å². The first-order chi connectivity index (χ1) is 14.1. The number of carbonyl (C=O) groups excluding carboxylic acids is 2. The number of thioether (sulfide) groups is 2. The Balaban J connectivity index is 1.40. The highest BCUT2D eigenvalue weighted by molar-refractivity contribution is 8.16. The lowest BCUT2D eigenvalue weighted by atomic mass is 10.1. The fourth-order valence-corrected chi connectivity index (χ4v) is 5.99. The molecule has 5 nitrogen and oxygen atoms in total. The zero-order valence-electron chi connectivity index (χ0n) is 16.0. The second-order valence-corrected chi connectivity index (χ2v) is 9.50. The fraction of sp³-hybridized carbons (Fsp3) is 0.227. The summed E-state index contributed by atoms with van der Waals surface area (Å²) in [5.74, 6) is 2.46. The summed E-state index contributed by atoms with van der Waals surface area (Å²) in [5, 5.41) is 2.89. The van der Waals surface area contributed by atoms with Gasteiger partial charge in [0.05, 0.1) is 4.58 Å². The Morgan fingerprint density at radius 3 is 2.28 bits per heavy atom. The van der Waals surface area contributed by atoms with E-state index >= 15 is 0 Å². The van der Waals surface area contributed by atoms with Crippen LogP contribution < -0.4 is 5.32 Å². The number of imidazole rings is 1. The molecule has 1 amide bonds. The Morgan fingerprint density at radius 1 is 1.00 bits per heavy atom. The summed E-state index contributed by atoms with van der Waals surface area (Å²) in [6.45, 7) is 0. The molecule has 1 N–H and O–H groups in total. The van der Waals surface area contributed by atoms with Crippen LogP contribution in [0.5, 0.6) is 0 Å². The third kappa shape index (κ3) is 4.57. The molecule has 148 valence electrons. The summed E-state index contributed by atoms with van der Waals surface area (Å²) in [6, 6.07) is 14.7. The van der Waals surface area contributed by atoms with Crippen molar-refractivity contribution in [3.63, 3.8) is 0 Å². The van der Waals surface area contributed by atoms with Crippen molar-refractivity contribution in [1.82, 2.24) is 9.55 Å².